The van der Waals surface area contributed by atoms with Gasteiger partial charge in [0.2, 0.25) is 0 Å². The molecule has 1 aliphatic rings. The van der Waals surface area contributed by atoms with Crippen LogP contribution in [-0.2, 0) is 9.53 Å². The van der Waals surface area contributed by atoms with E-state index in [2.05, 4.69) is 9.73 Å². The van der Waals surface area contributed by atoms with Crippen LogP contribution >= 0.6 is 0 Å². The van der Waals surface area contributed by atoms with Crippen molar-refractivity contribution in [2.45, 2.75) is 6.92 Å². The van der Waals surface area contributed by atoms with Gasteiger partial charge in [0.15, 0.2) is 11.6 Å². The summed E-state index contributed by atoms with van der Waals surface area (Å²) in [5.74, 6) is -1.44. The molecule has 0 fully saturated rings. The summed E-state index contributed by atoms with van der Waals surface area (Å²) in [5, 5.41) is 9.56. The van der Waals surface area contributed by atoms with Crippen LogP contribution in [0.1, 0.15) is 38.8 Å². The Labute approximate surface area is 149 Å². The number of esters is 1. The smallest absolute Gasteiger partial charge is 0.342 e. The van der Waals surface area contributed by atoms with E-state index in [1.165, 1.54) is 26.2 Å². The number of rotatable bonds is 3. The van der Waals surface area contributed by atoms with E-state index < -0.39 is 5.97 Å². The Hall–Kier alpha value is -3.54. The number of carbonyl (C=O) groups is 3. The van der Waals surface area contributed by atoms with E-state index >= 15 is 0 Å². The number of fused-ring (bicyclic) bond motifs is 2. The first-order valence-electron chi connectivity index (χ1n) is 7.78. The monoisotopic (exact) mass is 349 g/mol. The lowest BCUT2D eigenvalue weighted by Gasteiger charge is -2.17. The standard InChI is InChI=1S/C20H15NO5/c1-11(22)17(20(25)26-2)10-21-12-7-8-15-16(9-12)19(24)14-6-4-3-5-13(14)18(15)23/h3-10,22H,1-2H3/b17-11+,21-10?. The number of carbonyl (C=O) groups excluding carboxylic acids is 3. The van der Waals surface area contributed by atoms with Crippen molar-refractivity contribution in [1.29, 1.82) is 0 Å². The number of nitrogens with zero attached hydrogens (tertiary/aromatic N) is 1. The number of aliphatic hydroxyl groups is 1. The number of ether oxygens (including phenoxy) is 1. The predicted molar refractivity (Wildman–Crippen MR) is 95.2 cm³/mol. The van der Waals surface area contributed by atoms with Gasteiger partial charge in [-0.2, -0.15) is 0 Å². The predicted octanol–water partition coefficient (Wildman–Crippen LogP) is 3.17. The molecule has 0 aromatic heterocycles. The second-order valence-corrected chi connectivity index (χ2v) is 5.68. The Morgan fingerprint density at radius 3 is 2.15 bits per heavy atom. The number of methoxy groups -OCH3 is 1. The van der Waals surface area contributed by atoms with Crippen LogP contribution in [0.5, 0.6) is 0 Å². The van der Waals surface area contributed by atoms with E-state index in [-0.39, 0.29) is 28.5 Å². The summed E-state index contributed by atoms with van der Waals surface area (Å²) < 4.78 is 4.58. The first-order valence-corrected chi connectivity index (χ1v) is 7.78. The van der Waals surface area contributed by atoms with Crippen LogP contribution in [0.3, 0.4) is 0 Å². The molecule has 0 amide bonds. The van der Waals surface area contributed by atoms with Gasteiger partial charge in [0.05, 0.1) is 12.8 Å². The van der Waals surface area contributed by atoms with Gasteiger partial charge >= 0.3 is 5.97 Å². The van der Waals surface area contributed by atoms with Gasteiger partial charge in [-0.15, -0.1) is 0 Å². The molecule has 130 valence electrons. The van der Waals surface area contributed by atoms with E-state index in [9.17, 15) is 19.5 Å². The van der Waals surface area contributed by atoms with Gasteiger partial charge in [-0.1, -0.05) is 24.3 Å². The van der Waals surface area contributed by atoms with Gasteiger partial charge in [-0.25, -0.2) is 4.79 Å². The normalized spacial score (nSPS) is 13.9. The number of aliphatic imine (C=N–C) groups is 1. The Morgan fingerprint density at radius 2 is 1.58 bits per heavy atom. The molecule has 0 radical (unpaired) electrons. The van der Waals surface area contributed by atoms with E-state index in [0.717, 1.165) is 6.21 Å². The molecular weight excluding hydrogens is 334 g/mol. The van der Waals surface area contributed by atoms with Crippen LogP contribution < -0.4 is 0 Å². The van der Waals surface area contributed by atoms with Crippen LogP contribution in [0.2, 0.25) is 0 Å². The lowest BCUT2D eigenvalue weighted by molar-refractivity contribution is -0.135. The third-order valence-electron chi connectivity index (χ3n) is 4.05. The fourth-order valence-electron chi connectivity index (χ4n) is 2.71. The van der Waals surface area contributed by atoms with Gasteiger partial charge in [-0.3, -0.25) is 14.6 Å². The molecule has 0 bridgehead atoms. The summed E-state index contributed by atoms with van der Waals surface area (Å²) in [6.45, 7) is 1.34. The molecule has 0 atom stereocenters. The van der Waals surface area contributed by atoms with Gasteiger partial charge in [-0.05, 0) is 25.1 Å². The summed E-state index contributed by atoms with van der Waals surface area (Å²) in [5.41, 5.74) is 1.58. The average Bonchev–Trinajstić information content (AvgIpc) is 2.65. The lowest BCUT2D eigenvalue weighted by atomic mass is 9.84. The minimum Gasteiger partial charge on any atom is -0.512 e. The fourth-order valence-corrected chi connectivity index (χ4v) is 2.71. The zero-order valence-corrected chi connectivity index (χ0v) is 14.1. The zero-order chi connectivity index (χ0) is 18.8. The molecule has 0 saturated heterocycles. The number of benzene rings is 2. The minimum absolute atomic E-state index is 0.0991. The molecule has 0 heterocycles. The van der Waals surface area contributed by atoms with Crippen molar-refractivity contribution >= 4 is 29.4 Å². The molecule has 0 saturated carbocycles. The molecule has 26 heavy (non-hydrogen) atoms. The number of allylic oxidation sites excluding steroid dienone is 1. The van der Waals surface area contributed by atoms with Crippen molar-refractivity contribution in [2.75, 3.05) is 7.11 Å². The summed E-state index contributed by atoms with van der Waals surface area (Å²) in [7, 11) is 1.19. The van der Waals surface area contributed by atoms with Crippen LogP contribution in [0, 0.1) is 0 Å². The topological polar surface area (TPSA) is 93.0 Å². The molecule has 0 aliphatic heterocycles. The number of hydrogen-bond donors (Lipinski definition) is 1. The maximum Gasteiger partial charge on any atom is 0.342 e. The third-order valence-corrected chi connectivity index (χ3v) is 4.05. The molecule has 2 aromatic rings. The maximum atomic E-state index is 12.7. The highest BCUT2D eigenvalue weighted by molar-refractivity contribution is 6.28. The summed E-state index contributed by atoms with van der Waals surface area (Å²) in [6, 6.07) is 11.2. The first kappa shape index (κ1) is 17.3. The molecule has 6 heteroatoms. The number of hydrogen-bond acceptors (Lipinski definition) is 6. The van der Waals surface area contributed by atoms with Crippen molar-refractivity contribution in [3.63, 3.8) is 0 Å². The number of aliphatic hydroxyl groups excluding tert-OH is 1. The second-order valence-electron chi connectivity index (χ2n) is 5.68. The van der Waals surface area contributed by atoms with Crippen molar-refractivity contribution < 1.29 is 24.2 Å². The van der Waals surface area contributed by atoms with Crippen LogP contribution in [0.25, 0.3) is 0 Å². The Kier molecular flexibility index (Phi) is 4.49. The molecule has 3 rings (SSSR count). The van der Waals surface area contributed by atoms with Crippen LogP contribution in [0.15, 0.2) is 58.8 Å². The molecule has 2 aromatic carbocycles. The highest BCUT2D eigenvalue weighted by Crippen LogP contribution is 2.29. The molecule has 1 aliphatic carbocycles. The number of ketones is 2. The van der Waals surface area contributed by atoms with Crippen molar-refractivity contribution in [3.05, 3.63) is 76.1 Å². The SMILES string of the molecule is COC(=O)/C(C=Nc1ccc2c(c1)C(=O)c1ccccc1C2=O)=C(\C)O. The van der Waals surface area contributed by atoms with Crippen molar-refractivity contribution in [1.82, 2.24) is 0 Å². The van der Waals surface area contributed by atoms with Crippen molar-refractivity contribution in [3.8, 4) is 0 Å². The molecule has 0 spiro atoms. The molecular formula is C20H15NO5. The first-order chi connectivity index (χ1) is 12.4. The van der Waals surface area contributed by atoms with Crippen LogP contribution in [-0.4, -0.2) is 36.0 Å². The average molecular weight is 349 g/mol. The quantitative estimate of drug-likeness (QED) is 0.339. The molecule has 0 unspecified atom stereocenters. The van der Waals surface area contributed by atoms with Gasteiger partial charge in [0, 0.05) is 28.5 Å². The van der Waals surface area contributed by atoms with Crippen molar-refractivity contribution in [2.24, 2.45) is 4.99 Å². The maximum absolute atomic E-state index is 12.7. The van der Waals surface area contributed by atoms with Gasteiger partial charge in [0.25, 0.3) is 0 Å². The van der Waals surface area contributed by atoms with Crippen LogP contribution in [0.4, 0.5) is 5.69 Å². The summed E-state index contributed by atoms with van der Waals surface area (Å²) in [4.78, 5) is 41.0. The third kappa shape index (κ3) is 2.93. The minimum atomic E-state index is -0.730. The summed E-state index contributed by atoms with van der Waals surface area (Å²) in [6.07, 6.45) is 1.16. The highest BCUT2D eigenvalue weighted by Gasteiger charge is 2.29. The van der Waals surface area contributed by atoms with E-state index in [1.807, 2.05) is 0 Å². The zero-order valence-electron chi connectivity index (χ0n) is 14.1. The second kappa shape index (κ2) is 6.76. The Bertz CT molecular complexity index is 997. The molecule has 1 N–H and O–H groups in total. The lowest BCUT2D eigenvalue weighted by Crippen LogP contribution is -2.20. The van der Waals surface area contributed by atoms with Gasteiger partial charge < -0.3 is 9.84 Å². The Balaban J connectivity index is 2.01. The Morgan fingerprint density at radius 1 is 1.00 bits per heavy atom. The highest BCUT2D eigenvalue weighted by atomic mass is 16.5. The van der Waals surface area contributed by atoms with Gasteiger partial charge in [0.1, 0.15) is 11.3 Å². The molecule has 6 nitrogen and oxygen atoms in total. The largest absolute Gasteiger partial charge is 0.512 e. The van der Waals surface area contributed by atoms with E-state index in [1.54, 1.807) is 30.3 Å². The summed E-state index contributed by atoms with van der Waals surface area (Å²) >= 11 is 0. The van der Waals surface area contributed by atoms with E-state index in [0.29, 0.717) is 22.4 Å². The fraction of sp³-hybridized carbons (Fsp3) is 0.100. The van der Waals surface area contributed by atoms with E-state index in [4.69, 9.17) is 0 Å².